The second kappa shape index (κ2) is 3.44. The number of halogens is 3. The molecule has 1 heterocycles. The highest BCUT2D eigenvalue weighted by Crippen LogP contribution is 2.40. The normalized spacial score (nSPS) is 26.1. The second-order valence-electron chi connectivity index (χ2n) is 3.62. The van der Waals surface area contributed by atoms with Crippen molar-refractivity contribution in [3.05, 3.63) is 23.8 Å². The molecule has 0 fully saturated rings. The van der Waals surface area contributed by atoms with E-state index in [1.807, 2.05) is 0 Å². The molecule has 1 aromatic heterocycles. The first-order valence-electron chi connectivity index (χ1n) is 4.52. The maximum atomic E-state index is 12.5. The molecule has 1 aromatic rings. The molecule has 0 saturated carbocycles. The van der Waals surface area contributed by atoms with Crippen LogP contribution in [0.3, 0.4) is 0 Å². The highest BCUT2D eigenvalue weighted by atomic mass is 19.4. The zero-order valence-corrected chi connectivity index (χ0v) is 7.70. The maximum Gasteiger partial charge on any atom is 0.392 e. The molecule has 0 radical (unpaired) electrons. The molecule has 82 valence electrons. The minimum atomic E-state index is -4.27. The molecular weight excluding hydrogens is 209 g/mol. The molecule has 0 aromatic carbocycles. The van der Waals surface area contributed by atoms with Gasteiger partial charge in [0.25, 0.3) is 0 Å². The molecular formula is C9H9F3N2O. The first kappa shape index (κ1) is 10.4. The molecule has 0 spiro atoms. The summed E-state index contributed by atoms with van der Waals surface area (Å²) in [6.07, 6.45) is -3.28. The van der Waals surface area contributed by atoms with Crippen LogP contribution >= 0.6 is 0 Å². The van der Waals surface area contributed by atoms with E-state index in [2.05, 4.69) is 9.97 Å². The molecule has 0 unspecified atom stereocenters. The largest absolute Gasteiger partial charge is 0.392 e. The third-order valence-corrected chi connectivity index (χ3v) is 2.60. The number of rotatable bonds is 0. The summed E-state index contributed by atoms with van der Waals surface area (Å²) in [5, 5.41) is 9.52. The van der Waals surface area contributed by atoms with Crippen molar-refractivity contribution in [2.75, 3.05) is 0 Å². The SMILES string of the molecule is O[C@@H]1C[C@H](C(F)(F)F)Cc2ncncc21. The number of alkyl halides is 3. The molecule has 6 heteroatoms. The average molecular weight is 218 g/mol. The Morgan fingerprint density at radius 3 is 2.80 bits per heavy atom. The minimum Gasteiger partial charge on any atom is -0.388 e. The number of fused-ring (bicyclic) bond motifs is 1. The molecule has 1 N–H and O–H groups in total. The maximum absolute atomic E-state index is 12.5. The lowest BCUT2D eigenvalue weighted by Crippen LogP contribution is -2.31. The van der Waals surface area contributed by atoms with Gasteiger partial charge in [-0.25, -0.2) is 9.97 Å². The monoisotopic (exact) mass is 218 g/mol. The summed E-state index contributed by atoms with van der Waals surface area (Å²) in [6.45, 7) is 0. The quantitative estimate of drug-likeness (QED) is 0.719. The Morgan fingerprint density at radius 1 is 1.40 bits per heavy atom. The van der Waals surface area contributed by atoms with Gasteiger partial charge in [-0.2, -0.15) is 13.2 Å². The summed E-state index contributed by atoms with van der Waals surface area (Å²) >= 11 is 0. The van der Waals surface area contributed by atoms with Gasteiger partial charge in [-0.1, -0.05) is 0 Å². The van der Waals surface area contributed by atoms with Gasteiger partial charge in [0, 0.05) is 18.2 Å². The molecule has 2 rings (SSSR count). The average Bonchev–Trinajstić information content (AvgIpc) is 2.16. The van der Waals surface area contributed by atoms with Gasteiger partial charge in [0.15, 0.2) is 0 Å². The van der Waals surface area contributed by atoms with E-state index in [9.17, 15) is 18.3 Å². The summed E-state index contributed by atoms with van der Waals surface area (Å²) in [5.41, 5.74) is 0.712. The van der Waals surface area contributed by atoms with Crippen LogP contribution in [0.2, 0.25) is 0 Å². The zero-order valence-electron chi connectivity index (χ0n) is 7.70. The van der Waals surface area contributed by atoms with Crippen LogP contribution in [0.5, 0.6) is 0 Å². The van der Waals surface area contributed by atoms with E-state index in [0.717, 1.165) is 0 Å². The van der Waals surface area contributed by atoms with Crippen molar-refractivity contribution in [3.8, 4) is 0 Å². The Hall–Kier alpha value is -1.17. The molecule has 1 aliphatic carbocycles. The molecule has 3 nitrogen and oxygen atoms in total. The van der Waals surface area contributed by atoms with Crippen molar-refractivity contribution in [2.45, 2.75) is 25.1 Å². The molecule has 0 bridgehead atoms. The number of aliphatic hydroxyl groups excluding tert-OH is 1. The third kappa shape index (κ3) is 1.94. The Balaban J connectivity index is 2.30. The van der Waals surface area contributed by atoms with Crippen LogP contribution in [-0.4, -0.2) is 21.3 Å². The van der Waals surface area contributed by atoms with Gasteiger partial charge in [-0.05, 0) is 6.42 Å². The van der Waals surface area contributed by atoms with E-state index >= 15 is 0 Å². The van der Waals surface area contributed by atoms with E-state index in [1.54, 1.807) is 0 Å². The van der Waals surface area contributed by atoms with Crippen molar-refractivity contribution in [1.82, 2.24) is 9.97 Å². The van der Waals surface area contributed by atoms with Gasteiger partial charge in [-0.3, -0.25) is 0 Å². The fraction of sp³-hybridized carbons (Fsp3) is 0.556. The van der Waals surface area contributed by atoms with Gasteiger partial charge in [-0.15, -0.1) is 0 Å². The summed E-state index contributed by atoms with van der Waals surface area (Å²) < 4.78 is 37.4. The summed E-state index contributed by atoms with van der Waals surface area (Å²) in [5.74, 6) is -1.50. The lowest BCUT2D eigenvalue weighted by atomic mass is 9.85. The van der Waals surface area contributed by atoms with E-state index in [0.29, 0.717) is 11.3 Å². The third-order valence-electron chi connectivity index (χ3n) is 2.60. The summed E-state index contributed by atoms with van der Waals surface area (Å²) in [7, 11) is 0. The lowest BCUT2D eigenvalue weighted by molar-refractivity contribution is -0.184. The van der Waals surface area contributed by atoms with E-state index < -0.39 is 18.2 Å². The van der Waals surface area contributed by atoms with Crippen molar-refractivity contribution < 1.29 is 18.3 Å². The van der Waals surface area contributed by atoms with Crippen LogP contribution < -0.4 is 0 Å². The number of aliphatic hydroxyl groups is 1. The number of aromatic nitrogens is 2. The lowest BCUT2D eigenvalue weighted by Gasteiger charge is -2.28. The number of hydrogen-bond acceptors (Lipinski definition) is 3. The smallest absolute Gasteiger partial charge is 0.388 e. The van der Waals surface area contributed by atoms with Gasteiger partial charge in [0.05, 0.1) is 17.7 Å². The van der Waals surface area contributed by atoms with Crippen LogP contribution in [0, 0.1) is 5.92 Å². The topological polar surface area (TPSA) is 46.0 Å². The van der Waals surface area contributed by atoms with Gasteiger partial charge >= 0.3 is 6.18 Å². The summed E-state index contributed by atoms with van der Waals surface area (Å²) in [6, 6.07) is 0. The first-order chi connectivity index (χ1) is 6.98. The minimum absolute atomic E-state index is 0.168. The van der Waals surface area contributed by atoms with Crippen LogP contribution in [0.4, 0.5) is 13.2 Å². The number of hydrogen-bond donors (Lipinski definition) is 1. The molecule has 0 aliphatic heterocycles. The molecule has 0 saturated heterocycles. The van der Waals surface area contributed by atoms with Gasteiger partial charge in [0.1, 0.15) is 6.33 Å². The van der Waals surface area contributed by atoms with Gasteiger partial charge < -0.3 is 5.11 Å². The van der Waals surface area contributed by atoms with Crippen LogP contribution in [0.1, 0.15) is 23.8 Å². The van der Waals surface area contributed by atoms with E-state index in [1.165, 1.54) is 12.5 Å². The van der Waals surface area contributed by atoms with E-state index in [4.69, 9.17) is 0 Å². The predicted octanol–water partition coefficient (Wildman–Crippen LogP) is 1.63. The molecule has 0 amide bonds. The first-order valence-corrected chi connectivity index (χ1v) is 4.52. The van der Waals surface area contributed by atoms with E-state index in [-0.39, 0.29) is 12.8 Å². The molecule has 2 atom stereocenters. The number of nitrogens with zero attached hydrogens (tertiary/aromatic N) is 2. The molecule has 15 heavy (non-hydrogen) atoms. The highest BCUT2D eigenvalue weighted by Gasteiger charge is 2.44. The second-order valence-corrected chi connectivity index (χ2v) is 3.62. The van der Waals surface area contributed by atoms with Crippen molar-refractivity contribution in [3.63, 3.8) is 0 Å². The molecule has 1 aliphatic rings. The Labute approximate surface area is 84.0 Å². The summed E-state index contributed by atoms with van der Waals surface area (Å²) in [4.78, 5) is 7.45. The van der Waals surface area contributed by atoms with Crippen LogP contribution in [0.25, 0.3) is 0 Å². The Morgan fingerprint density at radius 2 is 2.13 bits per heavy atom. The van der Waals surface area contributed by atoms with Crippen LogP contribution in [-0.2, 0) is 6.42 Å². The van der Waals surface area contributed by atoms with Crippen LogP contribution in [0.15, 0.2) is 12.5 Å². The van der Waals surface area contributed by atoms with Crippen molar-refractivity contribution >= 4 is 0 Å². The van der Waals surface area contributed by atoms with Gasteiger partial charge in [0.2, 0.25) is 0 Å². The predicted molar refractivity (Wildman–Crippen MR) is 44.9 cm³/mol. The Kier molecular flexibility index (Phi) is 2.38. The standard InChI is InChI=1S/C9H9F3N2O/c10-9(11,12)5-1-7-6(8(15)2-5)3-13-4-14-7/h3-5,8,15H,1-2H2/t5-,8-/m1/s1. The fourth-order valence-corrected chi connectivity index (χ4v) is 1.78. The Bertz CT molecular complexity index is 367. The van der Waals surface area contributed by atoms with Crippen molar-refractivity contribution in [2.24, 2.45) is 5.92 Å². The fourth-order valence-electron chi connectivity index (χ4n) is 1.78. The zero-order chi connectivity index (χ0) is 11.1. The highest BCUT2D eigenvalue weighted by molar-refractivity contribution is 5.22. The van der Waals surface area contributed by atoms with Crippen molar-refractivity contribution in [1.29, 1.82) is 0 Å².